The van der Waals surface area contributed by atoms with Crippen LogP contribution in [-0.4, -0.2) is 19.7 Å². The van der Waals surface area contributed by atoms with Crippen molar-refractivity contribution in [2.24, 2.45) is 0 Å². The first-order valence-corrected chi connectivity index (χ1v) is 10.0. The Morgan fingerprint density at radius 3 is 2.47 bits per heavy atom. The van der Waals surface area contributed by atoms with E-state index in [0.29, 0.717) is 5.69 Å². The number of aromatic nitrogens is 4. The van der Waals surface area contributed by atoms with Crippen molar-refractivity contribution < 1.29 is 30.9 Å². The fourth-order valence-electron chi connectivity index (χ4n) is 3.92. The summed E-state index contributed by atoms with van der Waals surface area (Å²) < 4.78 is 87.0. The van der Waals surface area contributed by atoms with Crippen LogP contribution < -0.4 is 0 Å². The van der Waals surface area contributed by atoms with Crippen molar-refractivity contribution in [3.63, 3.8) is 0 Å². The van der Waals surface area contributed by atoms with Gasteiger partial charge in [-0.25, -0.2) is 4.85 Å². The van der Waals surface area contributed by atoms with Gasteiger partial charge in [-0.2, -0.15) is 31.3 Å². The second-order valence-corrected chi connectivity index (χ2v) is 7.87. The number of fused-ring (bicyclic) bond motifs is 1. The zero-order valence-corrected chi connectivity index (χ0v) is 17.1. The first-order valence-electron chi connectivity index (χ1n) is 10.0. The monoisotopic (exact) mass is 477 g/mol. The molecule has 0 radical (unpaired) electrons. The lowest BCUT2D eigenvalue weighted by molar-refractivity contribution is -0.137. The van der Waals surface area contributed by atoms with Crippen molar-refractivity contribution >= 4 is 16.6 Å². The average Bonchev–Trinajstić information content (AvgIpc) is 3.41. The minimum Gasteiger partial charge on any atom is -0.337 e. The highest BCUT2D eigenvalue weighted by Crippen LogP contribution is 2.47. The molecule has 1 aliphatic rings. The summed E-state index contributed by atoms with van der Waals surface area (Å²) in [7, 11) is 0. The molecular formula is C22H13F6N5O. The van der Waals surface area contributed by atoms with Crippen molar-refractivity contribution in [2.45, 2.75) is 37.7 Å². The van der Waals surface area contributed by atoms with Crippen molar-refractivity contribution in [3.05, 3.63) is 70.6 Å². The number of hydrogen-bond donors (Lipinski definition) is 0. The van der Waals surface area contributed by atoms with Crippen LogP contribution in [0.25, 0.3) is 27.3 Å². The second-order valence-electron chi connectivity index (χ2n) is 7.87. The normalized spacial score (nSPS) is 14.5. The number of benzene rings is 1. The highest BCUT2D eigenvalue weighted by molar-refractivity contribution is 5.90. The van der Waals surface area contributed by atoms with Crippen LogP contribution in [0.1, 0.15) is 41.4 Å². The predicted molar refractivity (Wildman–Crippen MR) is 107 cm³/mol. The first kappa shape index (κ1) is 21.9. The molecule has 0 unspecified atom stereocenters. The quantitative estimate of drug-likeness (QED) is 0.245. The van der Waals surface area contributed by atoms with E-state index in [1.807, 2.05) is 0 Å². The molecule has 5 rings (SSSR count). The zero-order chi connectivity index (χ0) is 24.3. The van der Waals surface area contributed by atoms with E-state index in [1.165, 1.54) is 12.1 Å². The number of pyridine rings is 1. The Labute approximate surface area is 187 Å². The van der Waals surface area contributed by atoms with Gasteiger partial charge >= 0.3 is 12.4 Å². The molecule has 1 fully saturated rings. The molecule has 1 aromatic carbocycles. The summed E-state index contributed by atoms with van der Waals surface area (Å²) in [5.41, 5.74) is -1.69. The molecule has 3 heterocycles. The minimum absolute atomic E-state index is 0.0568. The van der Waals surface area contributed by atoms with E-state index in [0.717, 1.165) is 37.2 Å². The van der Waals surface area contributed by atoms with Crippen LogP contribution in [0.2, 0.25) is 0 Å². The molecule has 34 heavy (non-hydrogen) atoms. The Morgan fingerprint density at radius 2 is 1.82 bits per heavy atom. The van der Waals surface area contributed by atoms with Crippen LogP contribution >= 0.6 is 0 Å². The van der Waals surface area contributed by atoms with Gasteiger partial charge in [0.25, 0.3) is 5.89 Å². The number of alkyl halides is 6. The van der Waals surface area contributed by atoms with Gasteiger partial charge in [0.05, 0.1) is 24.2 Å². The summed E-state index contributed by atoms with van der Waals surface area (Å²) >= 11 is 0. The molecule has 4 aromatic rings. The van der Waals surface area contributed by atoms with E-state index in [4.69, 9.17) is 11.1 Å². The highest BCUT2D eigenvalue weighted by Gasteiger charge is 2.38. The first-order chi connectivity index (χ1) is 16.1. The maximum atomic E-state index is 13.8. The van der Waals surface area contributed by atoms with E-state index in [-0.39, 0.29) is 40.8 Å². The van der Waals surface area contributed by atoms with Gasteiger partial charge in [-0.05, 0) is 43.0 Å². The maximum absolute atomic E-state index is 13.8. The van der Waals surface area contributed by atoms with Gasteiger partial charge in [0.1, 0.15) is 5.69 Å². The molecule has 174 valence electrons. The number of rotatable bonds is 4. The Morgan fingerprint density at radius 1 is 1.06 bits per heavy atom. The molecule has 1 saturated carbocycles. The molecular weight excluding hydrogens is 464 g/mol. The van der Waals surface area contributed by atoms with Crippen LogP contribution in [0.3, 0.4) is 0 Å². The van der Waals surface area contributed by atoms with Crippen molar-refractivity contribution in [1.29, 1.82) is 0 Å². The van der Waals surface area contributed by atoms with Gasteiger partial charge in [-0.1, -0.05) is 11.2 Å². The second kappa shape index (κ2) is 7.58. The van der Waals surface area contributed by atoms with E-state index in [1.54, 1.807) is 4.57 Å². The van der Waals surface area contributed by atoms with Gasteiger partial charge < -0.3 is 9.09 Å². The van der Waals surface area contributed by atoms with E-state index in [9.17, 15) is 26.3 Å². The standard InChI is InChI=1S/C22H13F6N5O/c1-29-14-4-5-16-13(19(14)22(26,27)28)9-17(11-2-3-11)33(16)10-18-31-20(34-32-18)15-8-12(6-7-30-15)21(23,24)25/h4-9,11H,2-3,10H2. The average molecular weight is 477 g/mol. The van der Waals surface area contributed by atoms with Crippen molar-refractivity contribution in [1.82, 2.24) is 19.7 Å². The summed E-state index contributed by atoms with van der Waals surface area (Å²) in [4.78, 5) is 11.0. The topological polar surface area (TPSA) is 61.1 Å². The lowest BCUT2D eigenvalue weighted by Gasteiger charge is -2.12. The molecule has 0 saturated heterocycles. The summed E-state index contributed by atoms with van der Waals surface area (Å²) in [6, 6.07) is 5.60. The third-order valence-electron chi connectivity index (χ3n) is 5.57. The summed E-state index contributed by atoms with van der Waals surface area (Å²) in [6.45, 7) is 7.06. The minimum atomic E-state index is -4.72. The Bertz CT molecular complexity index is 1440. The largest absolute Gasteiger partial charge is 0.416 e. The fourth-order valence-corrected chi connectivity index (χ4v) is 3.92. The molecule has 0 atom stereocenters. The molecule has 6 nitrogen and oxygen atoms in total. The number of hydrogen-bond acceptors (Lipinski definition) is 4. The number of nitrogens with zero attached hydrogens (tertiary/aromatic N) is 5. The molecule has 0 aliphatic heterocycles. The lowest BCUT2D eigenvalue weighted by Crippen LogP contribution is -2.07. The Hall–Kier alpha value is -3.88. The van der Waals surface area contributed by atoms with E-state index >= 15 is 0 Å². The van der Waals surface area contributed by atoms with Crippen molar-refractivity contribution in [3.8, 4) is 11.6 Å². The highest BCUT2D eigenvalue weighted by atomic mass is 19.4. The molecule has 3 aromatic heterocycles. The van der Waals surface area contributed by atoms with Gasteiger partial charge in [-0.3, -0.25) is 4.98 Å². The third-order valence-corrected chi connectivity index (χ3v) is 5.57. The zero-order valence-electron chi connectivity index (χ0n) is 17.1. The van der Waals surface area contributed by atoms with Crippen LogP contribution in [0.15, 0.2) is 41.1 Å². The fraction of sp³-hybridized carbons (Fsp3) is 0.273. The van der Waals surface area contributed by atoms with Crippen molar-refractivity contribution in [2.75, 3.05) is 0 Å². The summed E-state index contributed by atoms with van der Waals surface area (Å²) in [5, 5.41) is 3.70. The summed E-state index contributed by atoms with van der Waals surface area (Å²) in [5.74, 6) is -0.116. The molecule has 1 aliphatic carbocycles. The smallest absolute Gasteiger partial charge is 0.337 e. The number of halogens is 6. The Balaban J connectivity index is 1.56. The SMILES string of the molecule is [C-]#[N+]c1ccc2c(cc(C3CC3)n2Cc2noc(-c3cc(C(F)(F)F)ccn3)n2)c1C(F)(F)F. The lowest BCUT2D eigenvalue weighted by atomic mass is 10.1. The van der Waals surface area contributed by atoms with Gasteiger partial charge in [0.2, 0.25) is 0 Å². The molecule has 0 amide bonds. The van der Waals surface area contributed by atoms with Crippen LogP contribution in [-0.2, 0) is 18.9 Å². The molecule has 0 bridgehead atoms. The van der Waals surface area contributed by atoms with Crippen LogP contribution in [0, 0.1) is 6.57 Å². The van der Waals surface area contributed by atoms with Gasteiger partial charge in [-0.15, -0.1) is 0 Å². The van der Waals surface area contributed by atoms with Gasteiger partial charge in [0.15, 0.2) is 11.5 Å². The van der Waals surface area contributed by atoms with E-state index < -0.39 is 29.2 Å². The van der Waals surface area contributed by atoms with Gasteiger partial charge in [0, 0.05) is 22.8 Å². The van der Waals surface area contributed by atoms with Crippen LogP contribution in [0.5, 0.6) is 0 Å². The van der Waals surface area contributed by atoms with E-state index in [2.05, 4.69) is 20.0 Å². The third kappa shape index (κ3) is 3.87. The maximum Gasteiger partial charge on any atom is 0.416 e. The van der Waals surface area contributed by atoms with Crippen LogP contribution in [0.4, 0.5) is 32.0 Å². The molecule has 0 spiro atoms. The molecule has 12 heteroatoms. The molecule has 0 N–H and O–H groups in total. The Kier molecular flexibility index (Phi) is 4.89. The predicted octanol–water partition coefficient (Wildman–Crippen LogP) is 6.60. The summed E-state index contributed by atoms with van der Waals surface area (Å²) in [6.07, 6.45) is -6.72.